The Labute approximate surface area is 127 Å². The molecule has 0 spiro atoms. The number of nitrogens with one attached hydrogen (secondary N) is 1. The number of rotatable bonds is 4. The van der Waals surface area contributed by atoms with Gasteiger partial charge in [-0.2, -0.15) is 15.0 Å². The van der Waals surface area contributed by atoms with Crippen LogP contribution in [0.15, 0.2) is 34.9 Å². The molecule has 112 valence electrons. The van der Waals surface area contributed by atoms with Crippen LogP contribution in [0.3, 0.4) is 0 Å². The topological polar surface area (TPSA) is 103 Å². The van der Waals surface area contributed by atoms with Gasteiger partial charge in [-0.05, 0) is 19.4 Å². The zero-order valence-corrected chi connectivity index (χ0v) is 12.4. The van der Waals surface area contributed by atoms with E-state index in [1.54, 1.807) is 0 Å². The molecule has 22 heavy (non-hydrogen) atoms. The maximum atomic E-state index is 5.78. The number of nitrogen functional groups attached to an aromatic ring is 1. The molecule has 0 aliphatic heterocycles. The van der Waals surface area contributed by atoms with Crippen molar-refractivity contribution < 1.29 is 4.52 Å². The largest absolute Gasteiger partial charge is 0.368 e. The predicted octanol–water partition coefficient (Wildman–Crippen LogP) is 2.34. The van der Waals surface area contributed by atoms with Crippen molar-refractivity contribution in [3.05, 3.63) is 47.3 Å². The maximum absolute atomic E-state index is 5.78. The molecule has 3 aromatic rings. The molecule has 0 aliphatic carbocycles. The Morgan fingerprint density at radius 3 is 2.55 bits per heavy atom. The highest BCUT2D eigenvalue weighted by Gasteiger charge is 2.16. The molecule has 1 aromatic carbocycles. The molecule has 7 heteroatoms. The van der Waals surface area contributed by atoms with Gasteiger partial charge < -0.3 is 15.6 Å². The molecule has 3 rings (SSSR count). The van der Waals surface area contributed by atoms with Crippen LogP contribution >= 0.6 is 0 Å². The standard InChI is InChI=1S/C15H16N6O/c1-9-12(10(2)22-21-9)13-18-14(16)20-15(19-13)17-8-11-6-4-3-5-7-11/h3-7H,8H2,1-2H3,(H3,16,17,18,19,20). The van der Waals surface area contributed by atoms with E-state index in [9.17, 15) is 0 Å². The van der Waals surface area contributed by atoms with Crippen LogP contribution in [-0.4, -0.2) is 20.1 Å². The third-order valence-corrected chi connectivity index (χ3v) is 3.20. The average Bonchev–Trinajstić information content (AvgIpc) is 2.85. The molecule has 0 fully saturated rings. The van der Waals surface area contributed by atoms with Gasteiger partial charge in [-0.1, -0.05) is 35.5 Å². The fourth-order valence-corrected chi connectivity index (χ4v) is 2.16. The number of nitrogens with two attached hydrogens (primary N) is 1. The second-order valence-corrected chi connectivity index (χ2v) is 4.88. The maximum Gasteiger partial charge on any atom is 0.228 e. The first-order valence-corrected chi connectivity index (χ1v) is 6.86. The van der Waals surface area contributed by atoms with E-state index < -0.39 is 0 Å². The lowest BCUT2D eigenvalue weighted by Gasteiger charge is -2.07. The lowest BCUT2D eigenvalue weighted by molar-refractivity contribution is 0.393. The van der Waals surface area contributed by atoms with E-state index in [0.29, 0.717) is 24.1 Å². The Hall–Kier alpha value is -2.96. The van der Waals surface area contributed by atoms with Crippen LogP contribution in [0.4, 0.5) is 11.9 Å². The van der Waals surface area contributed by atoms with Gasteiger partial charge in [-0.25, -0.2) is 0 Å². The van der Waals surface area contributed by atoms with E-state index >= 15 is 0 Å². The number of anilines is 2. The number of aromatic nitrogens is 4. The van der Waals surface area contributed by atoms with Crippen LogP contribution in [0.25, 0.3) is 11.4 Å². The fourth-order valence-electron chi connectivity index (χ4n) is 2.16. The Morgan fingerprint density at radius 2 is 1.86 bits per heavy atom. The zero-order valence-electron chi connectivity index (χ0n) is 12.4. The normalized spacial score (nSPS) is 10.6. The van der Waals surface area contributed by atoms with Gasteiger partial charge in [0.15, 0.2) is 5.82 Å². The molecule has 2 heterocycles. The molecule has 3 N–H and O–H groups in total. The highest BCUT2D eigenvalue weighted by atomic mass is 16.5. The Balaban J connectivity index is 1.87. The monoisotopic (exact) mass is 296 g/mol. The van der Waals surface area contributed by atoms with E-state index in [2.05, 4.69) is 25.4 Å². The van der Waals surface area contributed by atoms with Gasteiger partial charge in [0.25, 0.3) is 0 Å². The summed E-state index contributed by atoms with van der Waals surface area (Å²) in [6, 6.07) is 9.97. The second kappa shape index (κ2) is 5.80. The molecule has 0 aliphatic rings. The van der Waals surface area contributed by atoms with Crippen molar-refractivity contribution in [3.63, 3.8) is 0 Å². The molecular weight excluding hydrogens is 280 g/mol. The number of aryl methyl sites for hydroxylation is 2. The molecule has 0 unspecified atom stereocenters. The van der Waals surface area contributed by atoms with Crippen LogP contribution in [-0.2, 0) is 6.54 Å². The second-order valence-electron chi connectivity index (χ2n) is 4.88. The summed E-state index contributed by atoms with van der Waals surface area (Å²) >= 11 is 0. The molecule has 2 aromatic heterocycles. The fraction of sp³-hybridized carbons (Fsp3) is 0.200. The van der Waals surface area contributed by atoms with Gasteiger partial charge >= 0.3 is 0 Å². The molecular formula is C15H16N6O. The molecule has 0 amide bonds. The number of hydrogen-bond donors (Lipinski definition) is 2. The van der Waals surface area contributed by atoms with Gasteiger partial charge in [0.2, 0.25) is 11.9 Å². The first-order chi connectivity index (χ1) is 10.6. The van der Waals surface area contributed by atoms with Crippen LogP contribution in [0.2, 0.25) is 0 Å². The van der Waals surface area contributed by atoms with Crippen LogP contribution in [0, 0.1) is 13.8 Å². The van der Waals surface area contributed by atoms with Gasteiger partial charge in [-0.3, -0.25) is 0 Å². The molecule has 0 saturated heterocycles. The smallest absolute Gasteiger partial charge is 0.228 e. The van der Waals surface area contributed by atoms with Crippen molar-refractivity contribution in [1.82, 2.24) is 20.1 Å². The van der Waals surface area contributed by atoms with E-state index in [0.717, 1.165) is 16.8 Å². The Morgan fingerprint density at radius 1 is 1.09 bits per heavy atom. The van der Waals surface area contributed by atoms with Crippen molar-refractivity contribution in [3.8, 4) is 11.4 Å². The SMILES string of the molecule is Cc1noc(C)c1-c1nc(N)nc(NCc2ccccc2)n1. The Bertz CT molecular complexity index is 764. The minimum Gasteiger partial charge on any atom is -0.368 e. The minimum atomic E-state index is 0.153. The van der Waals surface area contributed by atoms with E-state index in [1.165, 1.54) is 0 Å². The van der Waals surface area contributed by atoms with Gasteiger partial charge in [0.05, 0.1) is 11.3 Å². The van der Waals surface area contributed by atoms with Crippen LogP contribution < -0.4 is 11.1 Å². The summed E-state index contributed by atoms with van der Waals surface area (Å²) in [7, 11) is 0. The van der Waals surface area contributed by atoms with Gasteiger partial charge in [0.1, 0.15) is 5.76 Å². The summed E-state index contributed by atoms with van der Waals surface area (Å²) in [5.41, 5.74) is 8.37. The van der Waals surface area contributed by atoms with Crippen molar-refractivity contribution >= 4 is 11.9 Å². The molecule has 0 saturated carbocycles. The molecule has 0 atom stereocenters. The molecule has 7 nitrogen and oxygen atoms in total. The molecule has 0 radical (unpaired) electrons. The number of benzene rings is 1. The Kier molecular flexibility index (Phi) is 3.69. The van der Waals surface area contributed by atoms with Crippen molar-refractivity contribution in [2.24, 2.45) is 0 Å². The lowest BCUT2D eigenvalue weighted by Crippen LogP contribution is -2.08. The first kappa shape index (κ1) is 14.0. The summed E-state index contributed by atoms with van der Waals surface area (Å²) in [4.78, 5) is 12.7. The quantitative estimate of drug-likeness (QED) is 0.761. The zero-order chi connectivity index (χ0) is 15.5. The third kappa shape index (κ3) is 2.88. The van der Waals surface area contributed by atoms with E-state index in [-0.39, 0.29) is 5.95 Å². The number of nitrogens with zero attached hydrogens (tertiary/aromatic N) is 4. The van der Waals surface area contributed by atoms with E-state index in [1.807, 2.05) is 44.2 Å². The van der Waals surface area contributed by atoms with E-state index in [4.69, 9.17) is 10.3 Å². The van der Waals surface area contributed by atoms with Crippen LogP contribution in [0.1, 0.15) is 17.0 Å². The van der Waals surface area contributed by atoms with Crippen LogP contribution in [0.5, 0.6) is 0 Å². The summed E-state index contributed by atoms with van der Waals surface area (Å²) < 4.78 is 5.15. The summed E-state index contributed by atoms with van der Waals surface area (Å²) in [5.74, 6) is 1.68. The van der Waals surface area contributed by atoms with Crippen molar-refractivity contribution in [1.29, 1.82) is 0 Å². The summed E-state index contributed by atoms with van der Waals surface area (Å²) in [6.45, 7) is 4.25. The number of hydrogen-bond acceptors (Lipinski definition) is 7. The van der Waals surface area contributed by atoms with Gasteiger partial charge in [-0.15, -0.1) is 0 Å². The minimum absolute atomic E-state index is 0.153. The van der Waals surface area contributed by atoms with Crippen molar-refractivity contribution in [2.45, 2.75) is 20.4 Å². The van der Waals surface area contributed by atoms with Crippen molar-refractivity contribution in [2.75, 3.05) is 11.1 Å². The highest BCUT2D eigenvalue weighted by molar-refractivity contribution is 5.62. The highest BCUT2D eigenvalue weighted by Crippen LogP contribution is 2.24. The third-order valence-electron chi connectivity index (χ3n) is 3.20. The first-order valence-electron chi connectivity index (χ1n) is 6.86. The lowest BCUT2D eigenvalue weighted by atomic mass is 10.2. The summed E-state index contributed by atoms with van der Waals surface area (Å²) in [6.07, 6.45) is 0. The van der Waals surface area contributed by atoms with Gasteiger partial charge in [0, 0.05) is 6.54 Å². The summed E-state index contributed by atoms with van der Waals surface area (Å²) in [5, 5.41) is 7.06. The predicted molar refractivity (Wildman–Crippen MR) is 83.0 cm³/mol. The average molecular weight is 296 g/mol. The molecule has 0 bridgehead atoms.